The van der Waals surface area contributed by atoms with Gasteiger partial charge in [0.15, 0.2) is 5.69 Å². The van der Waals surface area contributed by atoms with Crippen LogP contribution in [0.15, 0.2) is 18.5 Å². The molecule has 1 aliphatic rings. The van der Waals surface area contributed by atoms with Gasteiger partial charge in [-0.1, -0.05) is 12.8 Å². The fourth-order valence-electron chi connectivity index (χ4n) is 2.63. The molecule has 0 unspecified atom stereocenters. The molecule has 3 rings (SSSR count). The average molecular weight is 355 g/mol. The molecule has 1 aliphatic carbocycles. The Bertz CT molecular complexity index is 769. The van der Waals surface area contributed by atoms with Crippen molar-refractivity contribution in [1.29, 1.82) is 0 Å². The maximum atomic E-state index is 12.7. The molecule has 1 amide bonds. The second-order valence-corrected chi connectivity index (χ2v) is 5.79. The number of nitrogens with one attached hydrogen (secondary N) is 1. The summed E-state index contributed by atoms with van der Waals surface area (Å²) in [7, 11) is 1.31. The molecule has 0 atom stereocenters. The predicted octanol–water partition coefficient (Wildman–Crippen LogP) is 2.69. The molecule has 1 saturated carbocycles. The summed E-state index contributed by atoms with van der Waals surface area (Å²) < 4.78 is 44.2. The van der Waals surface area contributed by atoms with E-state index in [-0.39, 0.29) is 29.4 Å². The van der Waals surface area contributed by atoms with Crippen molar-refractivity contribution in [2.75, 3.05) is 0 Å². The van der Waals surface area contributed by atoms with E-state index in [2.05, 4.69) is 20.4 Å². The molecule has 0 radical (unpaired) electrons. The lowest BCUT2D eigenvalue weighted by atomic mass is 10.2. The number of carbonyl (C=O) groups is 1. The van der Waals surface area contributed by atoms with Crippen LogP contribution in [0.3, 0.4) is 0 Å². The Morgan fingerprint density at radius 2 is 2.04 bits per heavy atom. The Morgan fingerprint density at radius 1 is 1.32 bits per heavy atom. The van der Waals surface area contributed by atoms with Gasteiger partial charge in [0.05, 0.1) is 12.4 Å². The van der Waals surface area contributed by atoms with Crippen molar-refractivity contribution in [3.05, 3.63) is 29.8 Å². The summed E-state index contributed by atoms with van der Waals surface area (Å²) >= 11 is 0. The largest absolute Gasteiger partial charge is 0.435 e. The van der Waals surface area contributed by atoms with E-state index in [0.717, 1.165) is 36.4 Å². The molecule has 0 spiro atoms. The van der Waals surface area contributed by atoms with Crippen molar-refractivity contribution in [3.63, 3.8) is 0 Å². The molecule has 134 valence electrons. The summed E-state index contributed by atoms with van der Waals surface area (Å²) in [6, 6.07) is 0.873. The third-order valence-electron chi connectivity index (χ3n) is 3.87. The van der Waals surface area contributed by atoms with Gasteiger partial charge in [-0.2, -0.15) is 18.3 Å². The maximum Gasteiger partial charge on any atom is 0.435 e. The van der Waals surface area contributed by atoms with Gasteiger partial charge in [0.1, 0.15) is 5.69 Å². The van der Waals surface area contributed by atoms with E-state index in [1.54, 1.807) is 0 Å². The summed E-state index contributed by atoms with van der Waals surface area (Å²) in [5.41, 5.74) is -1.03. The van der Waals surface area contributed by atoms with Crippen LogP contribution in [-0.2, 0) is 13.2 Å². The third kappa shape index (κ3) is 4.06. The third-order valence-corrected chi connectivity index (χ3v) is 3.87. The number of halogens is 3. The van der Waals surface area contributed by atoms with Crippen LogP contribution < -0.4 is 10.1 Å². The zero-order chi connectivity index (χ0) is 18.0. The average Bonchev–Trinajstić information content (AvgIpc) is 3.18. The van der Waals surface area contributed by atoms with Gasteiger partial charge in [-0.15, -0.1) is 0 Å². The van der Waals surface area contributed by atoms with Gasteiger partial charge in [0, 0.05) is 19.2 Å². The highest BCUT2D eigenvalue weighted by molar-refractivity contribution is 5.92. The maximum absolute atomic E-state index is 12.7. The van der Waals surface area contributed by atoms with Crippen LogP contribution in [0, 0.1) is 0 Å². The minimum absolute atomic E-state index is 0.0441. The van der Waals surface area contributed by atoms with Crippen molar-refractivity contribution in [1.82, 2.24) is 25.1 Å². The minimum Gasteiger partial charge on any atom is -0.419 e. The normalized spacial score (nSPS) is 15.4. The molecule has 25 heavy (non-hydrogen) atoms. The number of ether oxygens (including phenoxy) is 1. The van der Waals surface area contributed by atoms with Crippen molar-refractivity contribution in [3.8, 4) is 11.8 Å². The molecular weight excluding hydrogens is 339 g/mol. The first kappa shape index (κ1) is 17.2. The molecular formula is C15H16F3N5O2. The van der Waals surface area contributed by atoms with Crippen LogP contribution in [0.5, 0.6) is 11.8 Å². The lowest BCUT2D eigenvalue weighted by Gasteiger charge is -2.11. The van der Waals surface area contributed by atoms with E-state index in [1.165, 1.54) is 19.4 Å². The van der Waals surface area contributed by atoms with Crippen molar-refractivity contribution >= 4 is 5.91 Å². The molecule has 0 aliphatic heterocycles. The van der Waals surface area contributed by atoms with Crippen molar-refractivity contribution < 1.29 is 22.7 Å². The second kappa shape index (κ2) is 6.69. The van der Waals surface area contributed by atoms with Crippen LogP contribution in [0.25, 0.3) is 0 Å². The monoisotopic (exact) mass is 355 g/mol. The molecule has 0 saturated heterocycles. The lowest BCUT2D eigenvalue weighted by molar-refractivity contribution is -0.141. The number of amides is 1. The first-order valence-electron chi connectivity index (χ1n) is 7.75. The van der Waals surface area contributed by atoms with Crippen molar-refractivity contribution in [2.24, 2.45) is 7.05 Å². The highest BCUT2D eigenvalue weighted by atomic mass is 19.4. The Kier molecular flexibility index (Phi) is 4.60. The highest BCUT2D eigenvalue weighted by Crippen LogP contribution is 2.31. The Hall–Kier alpha value is -2.65. The van der Waals surface area contributed by atoms with Crippen molar-refractivity contribution in [2.45, 2.75) is 37.9 Å². The van der Waals surface area contributed by atoms with Crippen LogP contribution in [0.1, 0.15) is 41.9 Å². The number of hydrogen-bond acceptors (Lipinski definition) is 5. The van der Waals surface area contributed by atoms with E-state index < -0.39 is 11.9 Å². The first-order valence-corrected chi connectivity index (χ1v) is 7.75. The van der Waals surface area contributed by atoms with Crippen LogP contribution in [0.4, 0.5) is 13.2 Å². The van der Waals surface area contributed by atoms with E-state index in [9.17, 15) is 18.0 Å². The molecule has 0 aromatic carbocycles. The van der Waals surface area contributed by atoms with Gasteiger partial charge >= 0.3 is 6.18 Å². The van der Waals surface area contributed by atoms with E-state index >= 15 is 0 Å². The molecule has 2 aromatic heterocycles. The Balaban J connectivity index is 1.73. The number of nitrogens with zero attached hydrogens (tertiary/aromatic N) is 4. The number of aromatic nitrogens is 4. The number of aryl methyl sites for hydroxylation is 1. The van der Waals surface area contributed by atoms with Gasteiger partial charge in [-0.05, 0) is 12.8 Å². The quantitative estimate of drug-likeness (QED) is 0.912. The topological polar surface area (TPSA) is 81.9 Å². The smallest absolute Gasteiger partial charge is 0.419 e. The lowest BCUT2D eigenvalue weighted by Crippen LogP contribution is -2.33. The highest BCUT2D eigenvalue weighted by Gasteiger charge is 2.35. The van der Waals surface area contributed by atoms with Gasteiger partial charge in [-0.25, -0.2) is 9.67 Å². The van der Waals surface area contributed by atoms with Crippen LogP contribution in [0.2, 0.25) is 0 Å². The SMILES string of the molecule is Cn1nc(C(F)(F)F)cc1Oc1cncc(C(=O)NC2CCCC2)n1. The molecule has 2 aromatic rings. The van der Waals surface area contributed by atoms with E-state index in [0.29, 0.717) is 0 Å². The molecule has 7 nitrogen and oxygen atoms in total. The van der Waals surface area contributed by atoms with Gasteiger partial charge in [0.25, 0.3) is 5.91 Å². The van der Waals surface area contributed by atoms with E-state index in [4.69, 9.17) is 4.74 Å². The molecule has 2 heterocycles. The molecule has 1 fully saturated rings. The minimum atomic E-state index is -4.58. The molecule has 1 N–H and O–H groups in total. The summed E-state index contributed by atoms with van der Waals surface area (Å²) in [6.45, 7) is 0. The molecule has 10 heteroatoms. The zero-order valence-electron chi connectivity index (χ0n) is 13.4. The van der Waals surface area contributed by atoms with Gasteiger partial charge < -0.3 is 10.1 Å². The number of alkyl halides is 3. The van der Waals surface area contributed by atoms with E-state index in [1.807, 2.05) is 0 Å². The van der Waals surface area contributed by atoms with Crippen LogP contribution >= 0.6 is 0 Å². The first-order chi connectivity index (χ1) is 11.8. The van der Waals surface area contributed by atoms with Gasteiger partial charge in [0.2, 0.25) is 11.8 Å². The summed E-state index contributed by atoms with van der Waals surface area (Å²) in [6.07, 6.45) is 1.90. The Labute approximate surface area is 141 Å². The number of hydrogen-bond donors (Lipinski definition) is 1. The predicted molar refractivity (Wildman–Crippen MR) is 80.0 cm³/mol. The fourth-order valence-corrected chi connectivity index (χ4v) is 2.63. The number of rotatable bonds is 4. The number of carbonyl (C=O) groups excluding carboxylic acids is 1. The van der Waals surface area contributed by atoms with Crippen LogP contribution in [-0.4, -0.2) is 31.7 Å². The standard InChI is InChI=1S/C15H16F3N5O2/c1-23-13(6-11(22-23)15(16,17)18)25-12-8-19-7-10(21-12)14(24)20-9-4-2-3-5-9/h6-9H,2-5H2,1H3,(H,20,24). The summed E-state index contributed by atoms with van der Waals surface area (Å²) in [5.74, 6) is -0.628. The summed E-state index contributed by atoms with van der Waals surface area (Å²) in [4.78, 5) is 20.0. The zero-order valence-corrected chi connectivity index (χ0v) is 13.4. The summed E-state index contributed by atoms with van der Waals surface area (Å²) in [5, 5.41) is 6.20. The Morgan fingerprint density at radius 3 is 2.68 bits per heavy atom. The molecule has 0 bridgehead atoms. The fraction of sp³-hybridized carbons (Fsp3) is 0.467. The van der Waals surface area contributed by atoms with Gasteiger partial charge in [-0.3, -0.25) is 9.78 Å². The second-order valence-electron chi connectivity index (χ2n) is 5.79.